The molecule has 88 valence electrons. The van der Waals surface area contributed by atoms with E-state index in [0.717, 1.165) is 11.3 Å². The third-order valence-electron chi connectivity index (χ3n) is 2.29. The van der Waals surface area contributed by atoms with Crippen LogP contribution in [0.3, 0.4) is 0 Å². The maximum atomic E-state index is 11.8. The van der Waals surface area contributed by atoms with Crippen LogP contribution in [0.1, 0.15) is 27.8 Å². The smallest absolute Gasteiger partial charge is 0.277 e. The molecule has 2 N–H and O–H groups in total. The molecule has 0 aliphatic rings. The molecule has 2 aromatic rings. The summed E-state index contributed by atoms with van der Waals surface area (Å²) in [5, 5.41) is 12.5. The predicted octanol–water partition coefficient (Wildman–Crippen LogP) is 2.51. The van der Waals surface area contributed by atoms with Crippen molar-refractivity contribution in [3.05, 3.63) is 41.7 Å². The van der Waals surface area contributed by atoms with Gasteiger partial charge in [0, 0.05) is 10.5 Å². The Balaban J connectivity index is 2.22. The minimum absolute atomic E-state index is 0.163. The summed E-state index contributed by atoms with van der Waals surface area (Å²) in [7, 11) is 0. The molecule has 1 aromatic carbocycles. The van der Waals surface area contributed by atoms with Gasteiger partial charge >= 0.3 is 0 Å². The number of carbonyl (C=O) groups is 1. The first kappa shape index (κ1) is 11.8. The summed E-state index contributed by atoms with van der Waals surface area (Å²) in [6.07, 6.45) is 1.38. The second-order valence-corrected chi connectivity index (χ2v) is 4.89. The molecular formula is C11H11BrN4O. The number of amides is 1. The molecule has 0 bridgehead atoms. The summed E-state index contributed by atoms with van der Waals surface area (Å²) in [6.45, 7) is 2.00. The monoisotopic (exact) mass is 294 g/mol. The van der Waals surface area contributed by atoms with E-state index in [1.165, 1.54) is 6.20 Å². The van der Waals surface area contributed by atoms with Crippen molar-refractivity contribution < 1.29 is 4.79 Å². The molecule has 2 rings (SSSR count). The fourth-order valence-corrected chi connectivity index (χ4v) is 1.85. The van der Waals surface area contributed by atoms with E-state index < -0.39 is 0 Å². The zero-order valence-electron chi connectivity index (χ0n) is 9.14. The van der Waals surface area contributed by atoms with Crippen molar-refractivity contribution in [1.82, 2.24) is 15.4 Å². The standard InChI is InChI=1S/C11H11BrN4O/c1-7(12)8-4-2-3-5-9(8)14-11(17)10-6-13-16-15-10/h2-7H,1H3,(H,14,17)(H,13,15,16). The van der Waals surface area contributed by atoms with Crippen molar-refractivity contribution in [2.24, 2.45) is 0 Å². The predicted molar refractivity (Wildman–Crippen MR) is 68.1 cm³/mol. The van der Waals surface area contributed by atoms with Gasteiger partial charge in [-0.1, -0.05) is 34.1 Å². The Morgan fingerprint density at radius 1 is 1.47 bits per heavy atom. The largest absolute Gasteiger partial charge is 0.320 e. The van der Waals surface area contributed by atoms with Crippen LogP contribution in [0.4, 0.5) is 5.69 Å². The van der Waals surface area contributed by atoms with Crippen molar-refractivity contribution >= 4 is 27.5 Å². The van der Waals surface area contributed by atoms with E-state index >= 15 is 0 Å². The SMILES string of the molecule is CC(Br)c1ccccc1NC(=O)c1cn[nH]n1. The number of aromatic nitrogens is 3. The Morgan fingerprint density at radius 3 is 2.88 bits per heavy atom. The van der Waals surface area contributed by atoms with Gasteiger partial charge in [0.2, 0.25) is 0 Å². The van der Waals surface area contributed by atoms with Gasteiger partial charge in [0.15, 0.2) is 5.69 Å². The molecule has 0 saturated carbocycles. The average molecular weight is 295 g/mol. The van der Waals surface area contributed by atoms with Crippen LogP contribution in [-0.4, -0.2) is 21.3 Å². The van der Waals surface area contributed by atoms with Crippen LogP contribution in [0.2, 0.25) is 0 Å². The van der Waals surface area contributed by atoms with E-state index in [9.17, 15) is 4.79 Å². The number of anilines is 1. The molecule has 1 amide bonds. The number of para-hydroxylation sites is 1. The van der Waals surface area contributed by atoms with Crippen molar-refractivity contribution in [2.75, 3.05) is 5.32 Å². The lowest BCUT2D eigenvalue weighted by atomic mass is 10.1. The van der Waals surface area contributed by atoms with E-state index in [0.29, 0.717) is 0 Å². The third-order valence-corrected chi connectivity index (χ3v) is 2.78. The molecule has 0 radical (unpaired) electrons. The fourth-order valence-electron chi connectivity index (χ4n) is 1.46. The Kier molecular flexibility index (Phi) is 3.53. The van der Waals surface area contributed by atoms with Crippen LogP contribution in [-0.2, 0) is 0 Å². The number of benzene rings is 1. The Labute approximate surface area is 107 Å². The third kappa shape index (κ3) is 2.71. The number of alkyl halides is 1. The number of hydrogen-bond donors (Lipinski definition) is 2. The van der Waals surface area contributed by atoms with Gasteiger partial charge < -0.3 is 5.32 Å². The summed E-state index contributed by atoms with van der Waals surface area (Å²) in [4.78, 5) is 12.0. The van der Waals surface area contributed by atoms with E-state index in [4.69, 9.17) is 0 Å². The first-order valence-corrected chi connectivity index (χ1v) is 6.00. The Morgan fingerprint density at radius 2 is 2.24 bits per heavy atom. The van der Waals surface area contributed by atoms with Crippen LogP contribution in [0.25, 0.3) is 0 Å². The van der Waals surface area contributed by atoms with Gasteiger partial charge in [-0.25, -0.2) is 0 Å². The van der Waals surface area contributed by atoms with Gasteiger partial charge in [-0.2, -0.15) is 15.4 Å². The summed E-state index contributed by atoms with van der Waals surface area (Å²) in [6, 6.07) is 7.61. The molecular weight excluding hydrogens is 284 g/mol. The highest BCUT2D eigenvalue weighted by Crippen LogP contribution is 2.28. The molecule has 0 fully saturated rings. The zero-order chi connectivity index (χ0) is 12.3. The van der Waals surface area contributed by atoms with Crippen molar-refractivity contribution in [2.45, 2.75) is 11.8 Å². The topological polar surface area (TPSA) is 70.7 Å². The minimum atomic E-state index is -0.278. The second-order valence-electron chi connectivity index (χ2n) is 3.51. The highest BCUT2D eigenvalue weighted by Gasteiger charge is 2.12. The van der Waals surface area contributed by atoms with Crippen LogP contribution in [0, 0.1) is 0 Å². The molecule has 0 spiro atoms. The maximum absolute atomic E-state index is 11.8. The quantitative estimate of drug-likeness (QED) is 0.855. The van der Waals surface area contributed by atoms with Gasteiger partial charge in [-0.3, -0.25) is 4.79 Å². The number of H-pyrrole nitrogens is 1. The van der Waals surface area contributed by atoms with E-state index in [1.54, 1.807) is 0 Å². The van der Waals surface area contributed by atoms with Gasteiger partial charge in [0.25, 0.3) is 5.91 Å². The van der Waals surface area contributed by atoms with Crippen LogP contribution < -0.4 is 5.32 Å². The maximum Gasteiger partial charge on any atom is 0.277 e. The zero-order valence-corrected chi connectivity index (χ0v) is 10.7. The number of nitrogens with one attached hydrogen (secondary N) is 2. The van der Waals surface area contributed by atoms with Crippen LogP contribution >= 0.6 is 15.9 Å². The van der Waals surface area contributed by atoms with E-state index in [-0.39, 0.29) is 16.4 Å². The lowest BCUT2D eigenvalue weighted by molar-refractivity contribution is 0.102. The summed E-state index contributed by atoms with van der Waals surface area (Å²) < 4.78 is 0. The van der Waals surface area contributed by atoms with Crippen molar-refractivity contribution in [3.63, 3.8) is 0 Å². The van der Waals surface area contributed by atoms with Crippen molar-refractivity contribution in [3.8, 4) is 0 Å². The molecule has 0 saturated heterocycles. The van der Waals surface area contributed by atoms with Crippen LogP contribution in [0.5, 0.6) is 0 Å². The number of aromatic amines is 1. The summed E-state index contributed by atoms with van der Waals surface area (Å²) >= 11 is 3.49. The molecule has 6 heteroatoms. The van der Waals surface area contributed by atoms with Gasteiger partial charge in [0.1, 0.15) is 0 Å². The Hall–Kier alpha value is -1.69. The van der Waals surface area contributed by atoms with Gasteiger partial charge in [-0.15, -0.1) is 0 Å². The summed E-state index contributed by atoms with van der Waals surface area (Å²) in [5.74, 6) is -0.278. The van der Waals surface area contributed by atoms with Gasteiger partial charge in [0.05, 0.1) is 6.20 Å². The molecule has 0 aliphatic heterocycles. The van der Waals surface area contributed by atoms with Crippen LogP contribution in [0.15, 0.2) is 30.5 Å². The molecule has 5 nitrogen and oxygen atoms in total. The molecule has 1 atom stereocenters. The molecule has 0 aliphatic carbocycles. The first-order valence-electron chi connectivity index (χ1n) is 5.08. The highest BCUT2D eigenvalue weighted by atomic mass is 79.9. The van der Waals surface area contributed by atoms with Crippen molar-refractivity contribution in [1.29, 1.82) is 0 Å². The lowest BCUT2D eigenvalue weighted by Crippen LogP contribution is -2.13. The number of rotatable bonds is 3. The molecule has 1 unspecified atom stereocenters. The highest BCUT2D eigenvalue weighted by molar-refractivity contribution is 9.09. The normalized spacial score (nSPS) is 12.1. The minimum Gasteiger partial charge on any atom is -0.320 e. The summed E-state index contributed by atoms with van der Waals surface area (Å²) in [5.41, 5.74) is 2.05. The van der Waals surface area contributed by atoms with E-state index in [2.05, 4.69) is 36.7 Å². The molecule has 1 aromatic heterocycles. The number of halogens is 1. The Bertz CT molecular complexity index is 510. The van der Waals surface area contributed by atoms with Gasteiger partial charge in [-0.05, 0) is 18.6 Å². The first-order chi connectivity index (χ1) is 8.18. The fraction of sp³-hybridized carbons (Fsp3) is 0.182. The molecule has 1 heterocycles. The second kappa shape index (κ2) is 5.09. The lowest BCUT2D eigenvalue weighted by Gasteiger charge is -2.11. The van der Waals surface area contributed by atoms with E-state index in [1.807, 2.05) is 31.2 Å². The molecule has 17 heavy (non-hydrogen) atoms. The number of carbonyl (C=O) groups excluding carboxylic acids is 1. The number of hydrogen-bond acceptors (Lipinski definition) is 3. The number of nitrogens with zero attached hydrogens (tertiary/aromatic N) is 2. The average Bonchev–Trinajstić information content (AvgIpc) is 2.83.